The number of hydrogen-bond acceptors (Lipinski definition) is 5. The normalized spacial score (nSPS) is 11.1. The molecule has 0 aliphatic heterocycles. The van der Waals surface area contributed by atoms with Gasteiger partial charge in [-0.3, -0.25) is 0 Å². The van der Waals surface area contributed by atoms with Crippen molar-refractivity contribution < 1.29 is 32.6 Å². The number of ether oxygens (including phenoxy) is 1. The number of nitrogens with zero attached hydrogens (tertiary/aromatic N) is 1. The highest BCUT2D eigenvalue weighted by Crippen LogP contribution is 2.14. The van der Waals surface area contributed by atoms with E-state index in [4.69, 9.17) is 5.11 Å². The Balaban J connectivity index is 2.36. The van der Waals surface area contributed by atoms with E-state index >= 15 is 0 Å². The number of hydrogen-bond donors (Lipinski definition) is 2. The largest absolute Gasteiger partial charge is 0.476 e. The number of aromatic nitrogens is 1. The zero-order chi connectivity index (χ0) is 13.8. The summed E-state index contributed by atoms with van der Waals surface area (Å²) in [4.78, 5) is 24.9. The van der Waals surface area contributed by atoms with E-state index in [0.717, 1.165) is 11.3 Å². The van der Waals surface area contributed by atoms with E-state index in [-0.39, 0.29) is 17.2 Å². The summed E-state index contributed by atoms with van der Waals surface area (Å²) in [5.41, 5.74) is -0.194. The summed E-state index contributed by atoms with van der Waals surface area (Å²) in [5.74, 6) is -1.22. The fourth-order valence-corrected chi connectivity index (χ4v) is 1.54. The zero-order valence-electron chi connectivity index (χ0n) is 8.65. The molecule has 0 aromatic carbocycles. The first-order valence-electron chi connectivity index (χ1n) is 4.43. The van der Waals surface area contributed by atoms with Crippen LogP contribution in [0.5, 0.6) is 0 Å². The number of carbonyl (C=O) groups excluding carboxylic acids is 1. The maximum atomic E-state index is 11.7. The monoisotopic (exact) mass is 284 g/mol. The SMILES string of the molecule is O=C(NCc1nc(C(=O)O)cs1)OCC(F)(F)F. The Labute approximate surface area is 102 Å². The Morgan fingerprint density at radius 1 is 1.50 bits per heavy atom. The van der Waals surface area contributed by atoms with Gasteiger partial charge in [0.15, 0.2) is 12.3 Å². The Hall–Kier alpha value is -1.84. The molecule has 0 spiro atoms. The predicted octanol–water partition coefficient (Wildman–Crippen LogP) is 1.63. The molecule has 6 nitrogen and oxygen atoms in total. The highest BCUT2D eigenvalue weighted by atomic mass is 32.1. The van der Waals surface area contributed by atoms with Gasteiger partial charge in [0.2, 0.25) is 0 Å². The molecule has 0 saturated carbocycles. The van der Waals surface area contributed by atoms with Crippen molar-refractivity contribution in [1.29, 1.82) is 0 Å². The molecular formula is C8H7F3N2O4S. The maximum Gasteiger partial charge on any atom is 0.422 e. The molecule has 0 saturated heterocycles. The molecule has 10 heteroatoms. The summed E-state index contributed by atoms with van der Waals surface area (Å²) in [6, 6.07) is 0. The molecule has 100 valence electrons. The summed E-state index contributed by atoms with van der Waals surface area (Å²) in [6.45, 7) is -1.88. The second kappa shape index (κ2) is 5.67. The molecule has 1 heterocycles. The zero-order valence-corrected chi connectivity index (χ0v) is 9.47. The summed E-state index contributed by atoms with van der Waals surface area (Å²) in [6.07, 6.45) is -5.84. The van der Waals surface area contributed by atoms with Crippen molar-refractivity contribution >= 4 is 23.4 Å². The van der Waals surface area contributed by atoms with Gasteiger partial charge in [-0.25, -0.2) is 14.6 Å². The van der Waals surface area contributed by atoms with Gasteiger partial charge >= 0.3 is 18.2 Å². The Bertz CT molecular complexity index is 446. The topological polar surface area (TPSA) is 88.5 Å². The van der Waals surface area contributed by atoms with Crippen LogP contribution in [0.2, 0.25) is 0 Å². The van der Waals surface area contributed by atoms with Crippen LogP contribution in [0.1, 0.15) is 15.5 Å². The first kappa shape index (κ1) is 14.2. The van der Waals surface area contributed by atoms with Gasteiger partial charge in [0, 0.05) is 5.38 Å². The summed E-state index contributed by atoms with van der Waals surface area (Å²) >= 11 is 0.959. The third-order valence-electron chi connectivity index (χ3n) is 1.52. The van der Waals surface area contributed by atoms with Crippen LogP contribution in [0.4, 0.5) is 18.0 Å². The predicted molar refractivity (Wildman–Crippen MR) is 53.3 cm³/mol. The average Bonchev–Trinajstić information content (AvgIpc) is 2.71. The highest BCUT2D eigenvalue weighted by molar-refractivity contribution is 7.09. The molecule has 0 atom stereocenters. The van der Waals surface area contributed by atoms with Crippen LogP contribution in [-0.4, -0.2) is 34.9 Å². The number of carboxylic acid groups (broad SMARTS) is 1. The number of alkyl carbamates (subject to hydrolysis) is 1. The number of aromatic carboxylic acids is 1. The maximum absolute atomic E-state index is 11.7. The van der Waals surface area contributed by atoms with Gasteiger partial charge in [-0.15, -0.1) is 11.3 Å². The fraction of sp³-hybridized carbons (Fsp3) is 0.375. The average molecular weight is 284 g/mol. The molecule has 1 aromatic rings. The second-order valence-electron chi connectivity index (χ2n) is 2.98. The molecule has 2 N–H and O–H groups in total. The number of rotatable bonds is 4. The minimum absolute atomic E-state index is 0.194. The van der Waals surface area contributed by atoms with Crippen molar-refractivity contribution in [2.75, 3.05) is 6.61 Å². The van der Waals surface area contributed by atoms with Gasteiger partial charge in [0.25, 0.3) is 0 Å². The third kappa shape index (κ3) is 4.99. The van der Waals surface area contributed by atoms with E-state index in [9.17, 15) is 22.8 Å². The fourth-order valence-electron chi connectivity index (χ4n) is 0.837. The van der Waals surface area contributed by atoms with E-state index in [1.165, 1.54) is 5.38 Å². The molecule has 18 heavy (non-hydrogen) atoms. The standard InChI is InChI=1S/C8H7F3N2O4S/c9-8(10,11)3-17-7(16)12-1-5-13-4(2-18-5)6(14)15/h2H,1,3H2,(H,12,16)(H,14,15). The summed E-state index contributed by atoms with van der Waals surface area (Å²) in [5, 5.41) is 12.1. The first-order chi connectivity index (χ1) is 8.28. The third-order valence-corrected chi connectivity index (χ3v) is 2.37. The minimum Gasteiger partial charge on any atom is -0.476 e. The molecular weight excluding hydrogens is 277 g/mol. The quantitative estimate of drug-likeness (QED) is 0.877. The van der Waals surface area contributed by atoms with Crippen LogP contribution < -0.4 is 5.32 Å². The molecule has 0 radical (unpaired) electrons. The van der Waals surface area contributed by atoms with Gasteiger partial charge in [0.1, 0.15) is 5.01 Å². The molecule has 0 bridgehead atoms. The van der Waals surface area contributed by atoms with Crippen molar-refractivity contribution in [3.63, 3.8) is 0 Å². The Kier molecular flexibility index (Phi) is 4.48. The highest BCUT2D eigenvalue weighted by Gasteiger charge is 2.29. The van der Waals surface area contributed by atoms with Crippen LogP contribution in [-0.2, 0) is 11.3 Å². The van der Waals surface area contributed by atoms with Crippen LogP contribution >= 0.6 is 11.3 Å². The molecule has 1 aromatic heterocycles. The van der Waals surface area contributed by atoms with Crippen LogP contribution in [0, 0.1) is 0 Å². The number of halogens is 3. The van der Waals surface area contributed by atoms with E-state index in [1.807, 2.05) is 5.32 Å². The van der Waals surface area contributed by atoms with Crippen molar-refractivity contribution in [2.24, 2.45) is 0 Å². The smallest absolute Gasteiger partial charge is 0.422 e. The lowest BCUT2D eigenvalue weighted by Gasteiger charge is -2.07. The lowest BCUT2D eigenvalue weighted by atomic mass is 10.5. The number of thiazole rings is 1. The number of amides is 1. The van der Waals surface area contributed by atoms with Crippen molar-refractivity contribution in [3.8, 4) is 0 Å². The van der Waals surface area contributed by atoms with Gasteiger partial charge in [-0.05, 0) is 0 Å². The first-order valence-corrected chi connectivity index (χ1v) is 5.31. The van der Waals surface area contributed by atoms with Crippen LogP contribution in [0.25, 0.3) is 0 Å². The summed E-state index contributed by atoms with van der Waals surface area (Å²) in [7, 11) is 0. The van der Waals surface area contributed by atoms with Gasteiger partial charge in [0.05, 0.1) is 6.54 Å². The number of carboxylic acids is 1. The lowest BCUT2D eigenvalue weighted by Crippen LogP contribution is -2.28. The number of carbonyl (C=O) groups is 2. The van der Waals surface area contributed by atoms with Crippen molar-refractivity contribution in [3.05, 3.63) is 16.1 Å². The van der Waals surface area contributed by atoms with Crippen LogP contribution in [0.15, 0.2) is 5.38 Å². The van der Waals surface area contributed by atoms with Crippen LogP contribution in [0.3, 0.4) is 0 Å². The lowest BCUT2D eigenvalue weighted by molar-refractivity contribution is -0.160. The van der Waals surface area contributed by atoms with Crippen molar-refractivity contribution in [1.82, 2.24) is 10.3 Å². The number of alkyl halides is 3. The van der Waals surface area contributed by atoms with E-state index in [2.05, 4.69) is 9.72 Å². The van der Waals surface area contributed by atoms with Gasteiger partial charge in [-0.2, -0.15) is 13.2 Å². The Morgan fingerprint density at radius 3 is 2.67 bits per heavy atom. The minimum atomic E-state index is -4.59. The molecule has 1 amide bonds. The van der Waals surface area contributed by atoms with Gasteiger partial charge < -0.3 is 15.2 Å². The second-order valence-corrected chi connectivity index (χ2v) is 3.92. The van der Waals surface area contributed by atoms with Gasteiger partial charge in [-0.1, -0.05) is 0 Å². The van der Waals surface area contributed by atoms with E-state index < -0.39 is 24.8 Å². The molecule has 0 fully saturated rings. The molecule has 0 aliphatic rings. The Morgan fingerprint density at radius 2 is 2.17 bits per heavy atom. The molecule has 0 unspecified atom stereocenters. The molecule has 1 rings (SSSR count). The molecule has 0 aliphatic carbocycles. The van der Waals surface area contributed by atoms with E-state index in [0.29, 0.717) is 0 Å². The van der Waals surface area contributed by atoms with Crippen molar-refractivity contribution in [2.45, 2.75) is 12.7 Å². The summed E-state index contributed by atoms with van der Waals surface area (Å²) < 4.78 is 38.9. The number of nitrogens with one attached hydrogen (secondary N) is 1. The van der Waals surface area contributed by atoms with E-state index in [1.54, 1.807) is 0 Å².